The van der Waals surface area contributed by atoms with Crippen molar-refractivity contribution in [3.8, 4) is 0 Å². The summed E-state index contributed by atoms with van der Waals surface area (Å²) in [5.74, 6) is -0.400. The second-order valence-electron chi connectivity index (χ2n) is 2.93. The number of ether oxygens (including phenoxy) is 1. The highest BCUT2D eigenvalue weighted by Crippen LogP contribution is 2.20. The lowest BCUT2D eigenvalue weighted by molar-refractivity contribution is -0.141. The van der Waals surface area contributed by atoms with Crippen LogP contribution >= 0.6 is 0 Å². The molecule has 0 saturated heterocycles. The molecular weight excluding hydrogens is 194 g/mol. The highest BCUT2D eigenvalue weighted by Gasteiger charge is 2.14. The number of isocyanates is 1. The van der Waals surface area contributed by atoms with Gasteiger partial charge in [0, 0.05) is 0 Å². The van der Waals surface area contributed by atoms with Crippen LogP contribution in [0.3, 0.4) is 0 Å². The van der Waals surface area contributed by atoms with Crippen molar-refractivity contribution >= 4 is 12.0 Å². The summed E-state index contributed by atoms with van der Waals surface area (Å²) in [5.41, 5.74) is 0.797. The SMILES string of the molecule is COC(=O)C[C@H](N=C=O)c1ccccc1. The third-order valence-corrected chi connectivity index (χ3v) is 1.98. The van der Waals surface area contributed by atoms with E-state index in [1.807, 2.05) is 18.2 Å². The van der Waals surface area contributed by atoms with Gasteiger partial charge in [-0.3, -0.25) is 4.79 Å². The Bertz CT molecular complexity index is 369. The van der Waals surface area contributed by atoms with Crippen LogP contribution in [0, 0.1) is 0 Å². The van der Waals surface area contributed by atoms with Gasteiger partial charge in [-0.25, -0.2) is 4.79 Å². The summed E-state index contributed by atoms with van der Waals surface area (Å²) >= 11 is 0. The molecule has 0 aliphatic heterocycles. The monoisotopic (exact) mass is 205 g/mol. The Morgan fingerprint density at radius 1 is 1.47 bits per heavy atom. The largest absolute Gasteiger partial charge is 0.469 e. The standard InChI is InChI=1S/C11H11NO3/c1-15-11(14)7-10(12-8-13)9-5-3-2-4-6-9/h2-6,10H,7H2,1H3/t10-/m0/s1. The van der Waals surface area contributed by atoms with Crippen molar-refractivity contribution in [2.75, 3.05) is 7.11 Å². The molecular formula is C11H11NO3. The van der Waals surface area contributed by atoms with Crippen molar-refractivity contribution < 1.29 is 14.3 Å². The lowest BCUT2D eigenvalue weighted by Gasteiger charge is -2.08. The molecule has 0 amide bonds. The predicted molar refractivity (Wildman–Crippen MR) is 53.9 cm³/mol. The van der Waals surface area contributed by atoms with Crippen LogP contribution < -0.4 is 0 Å². The van der Waals surface area contributed by atoms with Crippen LogP contribution in [0.4, 0.5) is 0 Å². The Labute approximate surface area is 87.6 Å². The number of esters is 1. The van der Waals surface area contributed by atoms with Gasteiger partial charge in [0.2, 0.25) is 6.08 Å². The summed E-state index contributed by atoms with van der Waals surface area (Å²) in [4.78, 5) is 24.8. The molecule has 4 nitrogen and oxygen atoms in total. The molecule has 15 heavy (non-hydrogen) atoms. The average molecular weight is 205 g/mol. The zero-order valence-electron chi connectivity index (χ0n) is 8.34. The minimum atomic E-state index is -0.504. The Morgan fingerprint density at radius 2 is 2.13 bits per heavy atom. The Kier molecular flexibility index (Phi) is 4.26. The number of hydrogen-bond acceptors (Lipinski definition) is 4. The first-order valence-electron chi connectivity index (χ1n) is 4.46. The number of carbonyl (C=O) groups is 1. The summed E-state index contributed by atoms with van der Waals surface area (Å²) in [6.07, 6.45) is 1.51. The van der Waals surface area contributed by atoms with Gasteiger partial charge >= 0.3 is 5.97 Å². The normalized spacial score (nSPS) is 11.3. The van der Waals surface area contributed by atoms with Gasteiger partial charge in [0.05, 0.1) is 19.6 Å². The van der Waals surface area contributed by atoms with E-state index in [1.165, 1.54) is 13.2 Å². The van der Waals surface area contributed by atoms with Gasteiger partial charge in [0.15, 0.2) is 0 Å². The molecule has 0 aromatic heterocycles. The van der Waals surface area contributed by atoms with Gasteiger partial charge in [-0.15, -0.1) is 0 Å². The van der Waals surface area contributed by atoms with E-state index >= 15 is 0 Å². The lowest BCUT2D eigenvalue weighted by atomic mass is 10.0. The van der Waals surface area contributed by atoms with E-state index in [-0.39, 0.29) is 6.42 Å². The van der Waals surface area contributed by atoms with Gasteiger partial charge in [0.1, 0.15) is 0 Å². The lowest BCUT2D eigenvalue weighted by Crippen LogP contribution is -2.06. The summed E-state index contributed by atoms with van der Waals surface area (Å²) in [5, 5.41) is 0. The molecule has 0 saturated carbocycles. The first kappa shape index (κ1) is 11.1. The van der Waals surface area contributed by atoms with Crippen molar-refractivity contribution in [1.29, 1.82) is 0 Å². The molecule has 1 aromatic carbocycles. The second-order valence-corrected chi connectivity index (χ2v) is 2.93. The molecule has 78 valence electrons. The van der Waals surface area contributed by atoms with Crippen molar-refractivity contribution in [1.82, 2.24) is 0 Å². The summed E-state index contributed by atoms with van der Waals surface area (Å²) in [7, 11) is 1.30. The van der Waals surface area contributed by atoms with Gasteiger partial charge in [0.25, 0.3) is 0 Å². The first-order valence-corrected chi connectivity index (χ1v) is 4.46. The van der Waals surface area contributed by atoms with Gasteiger partial charge in [-0.1, -0.05) is 30.3 Å². The maximum atomic E-state index is 11.1. The summed E-state index contributed by atoms with van der Waals surface area (Å²) < 4.78 is 4.52. The van der Waals surface area contributed by atoms with Crippen molar-refractivity contribution in [3.63, 3.8) is 0 Å². The number of carbonyl (C=O) groups excluding carboxylic acids is 2. The van der Waals surface area contributed by atoms with Crippen LogP contribution in [-0.2, 0) is 14.3 Å². The number of benzene rings is 1. The fourth-order valence-electron chi connectivity index (χ4n) is 1.22. The van der Waals surface area contributed by atoms with Crippen LogP contribution in [0.5, 0.6) is 0 Å². The Morgan fingerprint density at radius 3 is 2.67 bits per heavy atom. The van der Waals surface area contributed by atoms with E-state index in [1.54, 1.807) is 12.1 Å². The molecule has 4 heteroatoms. The maximum Gasteiger partial charge on any atom is 0.308 e. The molecule has 0 spiro atoms. The van der Waals surface area contributed by atoms with Crippen LogP contribution in [0.15, 0.2) is 35.3 Å². The average Bonchev–Trinajstić information content (AvgIpc) is 2.29. The van der Waals surface area contributed by atoms with Crippen LogP contribution in [-0.4, -0.2) is 19.2 Å². The molecule has 0 aliphatic carbocycles. The van der Waals surface area contributed by atoms with Gasteiger partial charge in [-0.2, -0.15) is 4.99 Å². The molecule has 0 radical (unpaired) electrons. The molecule has 0 unspecified atom stereocenters. The molecule has 1 rings (SSSR count). The minimum absolute atomic E-state index is 0.0513. The van der Waals surface area contributed by atoms with Gasteiger partial charge < -0.3 is 4.74 Å². The molecule has 0 bridgehead atoms. The molecule has 1 aromatic rings. The predicted octanol–water partition coefficient (Wildman–Crippen LogP) is 1.63. The summed E-state index contributed by atoms with van der Waals surface area (Å²) in [6.45, 7) is 0. The zero-order valence-corrected chi connectivity index (χ0v) is 8.34. The minimum Gasteiger partial charge on any atom is -0.469 e. The van der Waals surface area contributed by atoms with E-state index in [9.17, 15) is 9.59 Å². The van der Waals surface area contributed by atoms with E-state index in [0.29, 0.717) is 0 Å². The summed E-state index contributed by atoms with van der Waals surface area (Å²) in [6, 6.07) is 8.59. The Hall–Kier alpha value is -1.93. The smallest absolute Gasteiger partial charge is 0.308 e. The van der Waals surface area contributed by atoms with Crippen LogP contribution in [0.1, 0.15) is 18.0 Å². The molecule has 0 fully saturated rings. The Balaban J connectivity index is 2.84. The van der Waals surface area contributed by atoms with E-state index in [0.717, 1.165) is 5.56 Å². The fourth-order valence-corrected chi connectivity index (χ4v) is 1.22. The number of hydrogen-bond donors (Lipinski definition) is 0. The highest BCUT2D eigenvalue weighted by atomic mass is 16.5. The van der Waals surface area contributed by atoms with Gasteiger partial charge in [-0.05, 0) is 5.56 Å². The third-order valence-electron chi connectivity index (χ3n) is 1.98. The second kappa shape index (κ2) is 5.73. The molecule has 0 N–H and O–H groups in total. The molecule has 1 atom stereocenters. The zero-order chi connectivity index (χ0) is 11.1. The van der Waals surface area contributed by atoms with E-state index < -0.39 is 12.0 Å². The van der Waals surface area contributed by atoms with Crippen LogP contribution in [0.25, 0.3) is 0 Å². The first-order chi connectivity index (χ1) is 7.27. The maximum absolute atomic E-state index is 11.1. The van der Waals surface area contributed by atoms with E-state index in [4.69, 9.17) is 0 Å². The fraction of sp³-hybridized carbons (Fsp3) is 0.273. The number of methoxy groups -OCH3 is 1. The molecule has 0 heterocycles. The molecule has 0 aliphatic rings. The number of rotatable bonds is 4. The van der Waals surface area contributed by atoms with Crippen molar-refractivity contribution in [2.45, 2.75) is 12.5 Å². The quantitative estimate of drug-likeness (QED) is 0.426. The van der Waals surface area contributed by atoms with Crippen molar-refractivity contribution in [2.24, 2.45) is 4.99 Å². The van der Waals surface area contributed by atoms with Crippen molar-refractivity contribution in [3.05, 3.63) is 35.9 Å². The highest BCUT2D eigenvalue weighted by molar-refractivity contribution is 5.70. The third kappa shape index (κ3) is 3.37. The number of aliphatic imine (C=N–C) groups is 1. The topological polar surface area (TPSA) is 55.7 Å². The van der Waals surface area contributed by atoms with Crippen LogP contribution in [0.2, 0.25) is 0 Å². The number of nitrogens with zero attached hydrogens (tertiary/aromatic N) is 1. The van der Waals surface area contributed by atoms with E-state index in [2.05, 4.69) is 9.73 Å².